The summed E-state index contributed by atoms with van der Waals surface area (Å²) in [4.78, 5) is 16.6. The van der Waals surface area contributed by atoms with E-state index in [-0.39, 0.29) is 6.42 Å². The minimum atomic E-state index is -5.82. The fourth-order valence-corrected chi connectivity index (χ4v) is 3.53. The lowest BCUT2D eigenvalue weighted by Crippen LogP contribution is -2.49. The predicted octanol–water partition coefficient (Wildman–Crippen LogP) is 3.32. The van der Waals surface area contributed by atoms with E-state index in [0.29, 0.717) is 11.1 Å². The van der Waals surface area contributed by atoms with Crippen molar-refractivity contribution in [2.75, 3.05) is 0 Å². The Morgan fingerprint density at radius 1 is 1.35 bits per heavy atom. The van der Waals surface area contributed by atoms with Crippen LogP contribution in [0.3, 0.4) is 0 Å². The number of hydrogen-bond donors (Lipinski definition) is 1. The maximum atomic E-state index is 12.5. The Morgan fingerprint density at radius 2 is 1.92 bits per heavy atom. The first-order valence-electron chi connectivity index (χ1n) is 7.66. The molecule has 1 aliphatic rings. The number of nitrogens with zero attached hydrogens (tertiary/aromatic N) is 2. The molecule has 0 aromatic carbocycles. The van der Waals surface area contributed by atoms with Gasteiger partial charge in [0.25, 0.3) is 0 Å². The molecule has 2 atom stereocenters. The standard InChI is InChI=1S/C15H19F3N2O5S/c1-8-5-9-6-11(25-26(23,24)15(16,17)18)19-7-10(9)12(14(2,3)4)20(8)13(21)22/h6-8,12H,5H2,1-4H3,(H,21,22). The highest BCUT2D eigenvalue weighted by Crippen LogP contribution is 2.44. The third kappa shape index (κ3) is 3.71. The van der Waals surface area contributed by atoms with Gasteiger partial charge < -0.3 is 9.29 Å². The molecule has 0 aliphatic carbocycles. The zero-order valence-corrected chi connectivity index (χ0v) is 15.3. The second-order valence-electron chi connectivity index (χ2n) is 7.22. The minimum Gasteiger partial charge on any atom is -0.465 e. The molecule has 0 fully saturated rings. The smallest absolute Gasteiger partial charge is 0.465 e. The van der Waals surface area contributed by atoms with Crippen LogP contribution in [0, 0.1) is 5.41 Å². The highest BCUT2D eigenvalue weighted by Gasteiger charge is 2.49. The fourth-order valence-electron chi connectivity index (χ4n) is 3.12. The molecule has 0 saturated heterocycles. The van der Waals surface area contributed by atoms with Crippen LogP contribution in [-0.2, 0) is 16.5 Å². The quantitative estimate of drug-likeness (QED) is 0.608. The van der Waals surface area contributed by atoms with Crippen molar-refractivity contribution in [3.63, 3.8) is 0 Å². The number of halogens is 3. The van der Waals surface area contributed by atoms with Gasteiger partial charge in [0.1, 0.15) is 0 Å². The van der Waals surface area contributed by atoms with Gasteiger partial charge in [-0.15, -0.1) is 0 Å². The number of carbonyl (C=O) groups is 1. The van der Waals surface area contributed by atoms with Gasteiger partial charge in [-0.25, -0.2) is 9.78 Å². The van der Waals surface area contributed by atoms with Gasteiger partial charge in [0.2, 0.25) is 5.88 Å². The van der Waals surface area contributed by atoms with Crippen molar-refractivity contribution in [1.29, 1.82) is 0 Å². The molecule has 0 radical (unpaired) electrons. The number of pyridine rings is 1. The molecule has 1 N–H and O–H groups in total. The molecule has 146 valence electrons. The lowest BCUT2D eigenvalue weighted by Gasteiger charge is -2.46. The lowest BCUT2D eigenvalue weighted by molar-refractivity contribution is -0.0501. The van der Waals surface area contributed by atoms with Gasteiger partial charge in [0.05, 0.1) is 6.04 Å². The molecule has 1 aliphatic heterocycles. The highest BCUT2D eigenvalue weighted by atomic mass is 32.2. The summed E-state index contributed by atoms with van der Waals surface area (Å²) in [6.45, 7) is 7.15. The molecule has 11 heteroatoms. The topological polar surface area (TPSA) is 96.8 Å². The number of alkyl halides is 3. The lowest BCUT2D eigenvalue weighted by atomic mass is 9.76. The van der Waals surface area contributed by atoms with Gasteiger partial charge >= 0.3 is 21.7 Å². The molecule has 2 unspecified atom stereocenters. The first kappa shape index (κ1) is 20.3. The largest absolute Gasteiger partial charge is 0.534 e. The first-order valence-corrected chi connectivity index (χ1v) is 9.07. The van der Waals surface area contributed by atoms with E-state index in [1.165, 1.54) is 11.1 Å². The number of hydrogen-bond acceptors (Lipinski definition) is 5. The zero-order valence-electron chi connectivity index (χ0n) is 14.5. The minimum absolute atomic E-state index is 0.194. The van der Waals surface area contributed by atoms with E-state index >= 15 is 0 Å². The molecule has 1 aromatic heterocycles. The van der Waals surface area contributed by atoms with Crippen LogP contribution < -0.4 is 4.18 Å². The maximum Gasteiger partial charge on any atom is 0.534 e. The summed E-state index contributed by atoms with van der Waals surface area (Å²) in [7, 11) is -5.82. The van der Waals surface area contributed by atoms with E-state index in [1.807, 2.05) is 20.8 Å². The first-order chi connectivity index (χ1) is 11.6. The zero-order chi connectivity index (χ0) is 20.1. The Hall–Kier alpha value is -2.04. The molecule has 0 spiro atoms. The van der Waals surface area contributed by atoms with Gasteiger partial charge in [-0.2, -0.15) is 21.6 Å². The van der Waals surface area contributed by atoms with Gasteiger partial charge in [0, 0.05) is 18.3 Å². The van der Waals surface area contributed by atoms with Crippen molar-refractivity contribution in [3.8, 4) is 5.88 Å². The normalized spacial score (nSPS) is 21.3. The van der Waals surface area contributed by atoms with E-state index in [1.54, 1.807) is 6.92 Å². The Balaban J connectivity index is 2.50. The average molecular weight is 396 g/mol. The van der Waals surface area contributed by atoms with Crippen LogP contribution in [0.5, 0.6) is 5.88 Å². The van der Waals surface area contributed by atoms with E-state index < -0.39 is 45.1 Å². The van der Waals surface area contributed by atoms with E-state index in [4.69, 9.17) is 0 Å². The van der Waals surface area contributed by atoms with Gasteiger partial charge in [-0.05, 0) is 29.9 Å². The molecule has 0 bridgehead atoms. The van der Waals surface area contributed by atoms with Gasteiger partial charge in [0.15, 0.2) is 0 Å². The van der Waals surface area contributed by atoms with Crippen LogP contribution in [0.15, 0.2) is 12.3 Å². The molecular weight excluding hydrogens is 377 g/mol. The summed E-state index contributed by atoms with van der Waals surface area (Å²) < 4.78 is 63.8. The van der Waals surface area contributed by atoms with Crippen LogP contribution in [0.2, 0.25) is 0 Å². The van der Waals surface area contributed by atoms with Crippen molar-refractivity contribution in [1.82, 2.24) is 9.88 Å². The Morgan fingerprint density at radius 3 is 2.38 bits per heavy atom. The SMILES string of the molecule is CC1Cc2cc(OS(=O)(=O)C(F)(F)F)ncc2C(C(C)(C)C)N1C(=O)O. The summed E-state index contributed by atoms with van der Waals surface area (Å²) in [5.41, 5.74) is -5.08. The van der Waals surface area contributed by atoms with Gasteiger partial charge in [-0.3, -0.25) is 4.90 Å². The van der Waals surface area contributed by atoms with E-state index in [0.717, 1.165) is 6.07 Å². The predicted molar refractivity (Wildman–Crippen MR) is 85.1 cm³/mol. The fraction of sp³-hybridized carbons (Fsp3) is 0.600. The monoisotopic (exact) mass is 396 g/mol. The van der Waals surface area contributed by atoms with Crippen molar-refractivity contribution in [3.05, 3.63) is 23.4 Å². The van der Waals surface area contributed by atoms with E-state index in [2.05, 4.69) is 9.17 Å². The summed E-state index contributed by atoms with van der Waals surface area (Å²) in [5.74, 6) is -0.704. The average Bonchev–Trinajstić information content (AvgIpc) is 2.42. The van der Waals surface area contributed by atoms with E-state index in [9.17, 15) is 31.5 Å². The Labute approximate surface area is 148 Å². The number of carboxylic acid groups (broad SMARTS) is 1. The van der Waals surface area contributed by atoms with Crippen LogP contribution in [0.25, 0.3) is 0 Å². The van der Waals surface area contributed by atoms with Crippen LogP contribution in [0.1, 0.15) is 44.9 Å². The number of amides is 1. The third-order valence-electron chi connectivity index (χ3n) is 4.08. The molecule has 7 nitrogen and oxygen atoms in total. The molecular formula is C15H19F3N2O5S. The van der Waals surface area contributed by atoms with Crippen molar-refractivity contribution in [2.24, 2.45) is 5.41 Å². The Bertz CT molecular complexity index is 818. The second kappa shape index (κ2) is 6.29. The molecule has 2 rings (SSSR count). The van der Waals surface area contributed by atoms with Crippen LogP contribution >= 0.6 is 0 Å². The molecule has 26 heavy (non-hydrogen) atoms. The summed E-state index contributed by atoms with van der Waals surface area (Å²) >= 11 is 0. The van der Waals surface area contributed by atoms with Crippen LogP contribution in [-0.4, -0.2) is 41.1 Å². The maximum absolute atomic E-state index is 12.5. The van der Waals surface area contributed by atoms with Crippen LogP contribution in [0.4, 0.5) is 18.0 Å². The van der Waals surface area contributed by atoms with Gasteiger partial charge in [-0.1, -0.05) is 20.8 Å². The summed E-state index contributed by atoms with van der Waals surface area (Å²) in [6.07, 6.45) is 0.246. The number of fused-ring (bicyclic) bond motifs is 1. The molecule has 2 heterocycles. The summed E-state index contributed by atoms with van der Waals surface area (Å²) in [6, 6.07) is 0.0609. The van der Waals surface area contributed by atoms with Crippen molar-refractivity contribution < 1.29 is 35.7 Å². The van der Waals surface area contributed by atoms with Crippen molar-refractivity contribution >= 4 is 16.2 Å². The van der Waals surface area contributed by atoms with Crippen molar-refractivity contribution in [2.45, 2.75) is 51.7 Å². The summed E-state index contributed by atoms with van der Waals surface area (Å²) in [5, 5.41) is 9.54. The third-order valence-corrected chi connectivity index (χ3v) is 5.04. The Kier molecular flexibility index (Phi) is 4.90. The molecule has 1 aromatic rings. The molecule has 1 amide bonds. The second-order valence-corrected chi connectivity index (χ2v) is 8.75. The highest BCUT2D eigenvalue weighted by molar-refractivity contribution is 7.87. The number of aromatic nitrogens is 1. The number of rotatable bonds is 2. The molecule has 0 saturated carbocycles.